The van der Waals surface area contributed by atoms with Crippen molar-refractivity contribution in [3.63, 3.8) is 0 Å². The highest BCUT2D eigenvalue weighted by Crippen LogP contribution is 2.34. The van der Waals surface area contributed by atoms with Crippen LogP contribution in [-0.4, -0.2) is 47.6 Å². The molecule has 2 amide bonds. The molecule has 0 N–H and O–H groups in total. The molecular formula is C31H34FN3O5. The summed E-state index contributed by atoms with van der Waals surface area (Å²) in [6.07, 6.45) is 3.38. The summed E-state index contributed by atoms with van der Waals surface area (Å²) in [5.74, 6) is -1.97. The topological polar surface area (TPSA) is 89.0 Å². The van der Waals surface area contributed by atoms with Crippen molar-refractivity contribution in [2.24, 2.45) is 0 Å². The quantitative estimate of drug-likeness (QED) is 0.360. The van der Waals surface area contributed by atoms with Crippen molar-refractivity contribution in [1.82, 2.24) is 9.88 Å². The lowest BCUT2D eigenvalue weighted by atomic mass is 9.87. The highest BCUT2D eigenvalue weighted by Gasteiger charge is 2.42. The number of aromatic nitrogens is 1. The second-order valence-electron chi connectivity index (χ2n) is 10.8. The number of hydrogen-bond donors (Lipinski definition) is 0. The molecule has 1 fully saturated rings. The van der Waals surface area contributed by atoms with Crippen LogP contribution in [0.4, 0.5) is 14.9 Å². The molecule has 210 valence electrons. The van der Waals surface area contributed by atoms with Gasteiger partial charge in [-0.2, -0.15) is 0 Å². The van der Waals surface area contributed by atoms with E-state index in [4.69, 9.17) is 9.47 Å². The number of methoxy groups -OCH3 is 1. The lowest BCUT2D eigenvalue weighted by molar-refractivity contribution is -0.146. The van der Waals surface area contributed by atoms with E-state index in [1.165, 1.54) is 23.1 Å². The first-order valence-corrected chi connectivity index (χ1v) is 13.2. The van der Waals surface area contributed by atoms with E-state index in [-0.39, 0.29) is 17.6 Å². The smallest absolute Gasteiger partial charge is 0.334 e. The fourth-order valence-corrected chi connectivity index (χ4v) is 4.78. The average molecular weight is 548 g/mol. The van der Waals surface area contributed by atoms with Gasteiger partial charge >= 0.3 is 18.0 Å². The molecule has 1 aliphatic rings. The molecule has 0 radical (unpaired) electrons. The fourth-order valence-electron chi connectivity index (χ4n) is 4.78. The Kier molecular flexibility index (Phi) is 8.82. The highest BCUT2D eigenvalue weighted by molar-refractivity contribution is 6.00. The van der Waals surface area contributed by atoms with Crippen LogP contribution in [0, 0.1) is 5.82 Å². The van der Waals surface area contributed by atoms with E-state index in [2.05, 4.69) is 25.8 Å². The maximum atomic E-state index is 14.4. The minimum absolute atomic E-state index is 0.0432. The summed E-state index contributed by atoms with van der Waals surface area (Å²) >= 11 is 0. The lowest BCUT2D eigenvalue weighted by Gasteiger charge is -2.35. The number of ether oxygens (including phenoxy) is 2. The second kappa shape index (κ2) is 12.3. The van der Waals surface area contributed by atoms with Gasteiger partial charge in [0.15, 0.2) is 6.04 Å². The Hall–Kier alpha value is -4.27. The van der Waals surface area contributed by atoms with Gasteiger partial charge in [0.2, 0.25) is 0 Å². The number of pyridine rings is 1. The number of hydrogen-bond acceptors (Lipinski definition) is 6. The molecule has 1 aliphatic heterocycles. The molecule has 1 unspecified atom stereocenters. The zero-order chi connectivity index (χ0) is 28.9. The van der Waals surface area contributed by atoms with Crippen molar-refractivity contribution < 1.29 is 28.2 Å². The van der Waals surface area contributed by atoms with Crippen LogP contribution in [0.1, 0.15) is 56.3 Å². The number of halogens is 1. The van der Waals surface area contributed by atoms with Gasteiger partial charge in [-0.15, -0.1) is 0 Å². The first-order chi connectivity index (χ1) is 19.1. The van der Waals surface area contributed by atoms with E-state index >= 15 is 0 Å². The molecular weight excluding hydrogens is 513 g/mol. The molecule has 0 spiro atoms. The summed E-state index contributed by atoms with van der Waals surface area (Å²) in [6.45, 7) is 6.45. The molecule has 4 rings (SSSR count). The predicted molar refractivity (Wildman–Crippen MR) is 148 cm³/mol. The Bertz CT molecular complexity index is 1340. The molecule has 3 aromatic rings. The Morgan fingerprint density at radius 3 is 2.40 bits per heavy atom. The Morgan fingerprint density at radius 1 is 1.07 bits per heavy atom. The number of anilines is 1. The number of likely N-dealkylation sites (tertiary alicyclic amines) is 1. The van der Waals surface area contributed by atoms with Gasteiger partial charge in [-0.05, 0) is 47.6 Å². The fraction of sp³-hybridized carbons (Fsp3) is 0.355. The minimum Gasteiger partial charge on any atom is -0.467 e. The number of amides is 2. The molecule has 0 bridgehead atoms. The van der Waals surface area contributed by atoms with Crippen LogP contribution in [0.15, 0.2) is 73.1 Å². The number of esters is 2. The third-order valence-corrected chi connectivity index (χ3v) is 6.94. The van der Waals surface area contributed by atoms with Crippen molar-refractivity contribution in [2.75, 3.05) is 18.6 Å². The van der Waals surface area contributed by atoms with Crippen molar-refractivity contribution in [1.29, 1.82) is 0 Å². The molecule has 2 heterocycles. The SMILES string of the molecule is COC(=O)[C@@H]1CCCN1C(=O)N(c1ccc(C(C)(C)C)cc1)C(C(=O)OCc1ccccc1)c1cncc(F)c1. The number of urea groups is 1. The van der Waals surface area contributed by atoms with Crippen LogP contribution in [0.2, 0.25) is 0 Å². The van der Waals surface area contributed by atoms with Gasteiger partial charge in [0.1, 0.15) is 18.5 Å². The number of benzene rings is 2. The average Bonchev–Trinajstić information content (AvgIpc) is 3.44. The van der Waals surface area contributed by atoms with Crippen molar-refractivity contribution in [2.45, 2.75) is 57.7 Å². The molecule has 8 nitrogen and oxygen atoms in total. The van der Waals surface area contributed by atoms with Crippen molar-refractivity contribution in [3.05, 3.63) is 95.6 Å². The van der Waals surface area contributed by atoms with Crippen LogP contribution >= 0.6 is 0 Å². The van der Waals surface area contributed by atoms with Crippen molar-refractivity contribution in [3.8, 4) is 0 Å². The van der Waals surface area contributed by atoms with Gasteiger partial charge < -0.3 is 14.4 Å². The van der Waals surface area contributed by atoms with Gasteiger partial charge in [-0.3, -0.25) is 9.88 Å². The van der Waals surface area contributed by atoms with E-state index in [1.54, 1.807) is 12.1 Å². The largest absolute Gasteiger partial charge is 0.467 e. The van der Waals surface area contributed by atoms with Crippen LogP contribution in [0.5, 0.6) is 0 Å². The summed E-state index contributed by atoms with van der Waals surface area (Å²) in [4.78, 5) is 47.2. The van der Waals surface area contributed by atoms with E-state index in [1.807, 2.05) is 42.5 Å². The first-order valence-electron chi connectivity index (χ1n) is 13.2. The number of rotatable bonds is 7. The molecule has 0 aliphatic carbocycles. The third-order valence-electron chi connectivity index (χ3n) is 6.94. The van der Waals surface area contributed by atoms with E-state index < -0.39 is 35.9 Å². The first kappa shape index (κ1) is 28.7. The summed E-state index contributed by atoms with van der Waals surface area (Å²) in [6, 6.07) is 14.8. The van der Waals surface area contributed by atoms with E-state index in [0.29, 0.717) is 25.1 Å². The molecule has 1 aromatic heterocycles. The maximum absolute atomic E-state index is 14.4. The van der Waals surface area contributed by atoms with Crippen molar-refractivity contribution >= 4 is 23.7 Å². The summed E-state index contributed by atoms with van der Waals surface area (Å²) in [7, 11) is 1.27. The molecule has 40 heavy (non-hydrogen) atoms. The van der Waals surface area contributed by atoms with Crippen LogP contribution in [-0.2, 0) is 31.1 Å². The van der Waals surface area contributed by atoms with E-state index in [0.717, 1.165) is 23.4 Å². The Morgan fingerprint density at radius 2 is 1.77 bits per heavy atom. The molecule has 2 aromatic carbocycles. The van der Waals surface area contributed by atoms with Gasteiger partial charge in [0.25, 0.3) is 0 Å². The van der Waals surface area contributed by atoms with Gasteiger partial charge in [-0.25, -0.2) is 18.8 Å². The number of carbonyl (C=O) groups excluding carboxylic acids is 3. The maximum Gasteiger partial charge on any atom is 0.334 e. The Labute approximate surface area is 233 Å². The summed E-state index contributed by atoms with van der Waals surface area (Å²) in [5.41, 5.74) is 2.15. The third kappa shape index (κ3) is 6.47. The molecule has 1 saturated heterocycles. The second-order valence-corrected chi connectivity index (χ2v) is 10.8. The lowest BCUT2D eigenvalue weighted by Crippen LogP contribution is -2.51. The van der Waals surface area contributed by atoms with Gasteiger partial charge in [0.05, 0.1) is 13.3 Å². The van der Waals surface area contributed by atoms with Crippen LogP contribution in [0.25, 0.3) is 0 Å². The Balaban J connectivity index is 1.80. The summed E-state index contributed by atoms with van der Waals surface area (Å²) in [5, 5.41) is 0. The van der Waals surface area contributed by atoms with Crippen LogP contribution < -0.4 is 4.90 Å². The highest BCUT2D eigenvalue weighted by atomic mass is 19.1. The summed E-state index contributed by atoms with van der Waals surface area (Å²) < 4.78 is 25.0. The number of carbonyl (C=O) groups is 3. The zero-order valence-corrected chi connectivity index (χ0v) is 23.2. The van der Waals surface area contributed by atoms with Crippen LogP contribution in [0.3, 0.4) is 0 Å². The molecule has 2 atom stereocenters. The predicted octanol–water partition coefficient (Wildman–Crippen LogP) is 5.57. The normalized spacial score (nSPS) is 15.8. The standard InChI is InChI=1S/C31H34FN3O5/c1-31(2,3)23-12-14-25(15-13-23)35(30(38)34-16-8-11-26(34)28(36)39-4)27(22-17-24(32)19-33-18-22)29(37)40-20-21-9-6-5-7-10-21/h5-7,9-10,12-15,17-19,26-27H,8,11,16,20H2,1-4H3/t26-,27?/m0/s1. The number of nitrogens with zero attached hydrogens (tertiary/aromatic N) is 3. The zero-order valence-electron chi connectivity index (χ0n) is 23.2. The van der Waals surface area contributed by atoms with Gasteiger partial charge in [-0.1, -0.05) is 63.2 Å². The molecule has 9 heteroatoms. The van der Waals surface area contributed by atoms with Gasteiger partial charge in [0, 0.05) is 24.0 Å². The van der Waals surface area contributed by atoms with E-state index in [9.17, 15) is 18.8 Å². The minimum atomic E-state index is -1.38. The monoisotopic (exact) mass is 547 g/mol. The molecule has 0 saturated carbocycles.